The number of hydrogen-bond donors (Lipinski definition) is 2. The van der Waals surface area contributed by atoms with Crippen LogP contribution in [0.3, 0.4) is 0 Å². The third-order valence-electron chi connectivity index (χ3n) is 7.68. The Morgan fingerprint density at radius 2 is 1.44 bits per heavy atom. The van der Waals surface area contributed by atoms with E-state index in [1.807, 2.05) is 18.6 Å². The molecule has 3 aromatic carbocycles. The van der Waals surface area contributed by atoms with E-state index in [4.69, 9.17) is 92.7 Å². The van der Waals surface area contributed by atoms with Crippen molar-refractivity contribution in [3.8, 4) is 17.2 Å². The Morgan fingerprint density at radius 3 is 1.98 bits per heavy atom. The molecule has 20 heteroatoms. The van der Waals surface area contributed by atoms with E-state index < -0.39 is 65.4 Å². The van der Waals surface area contributed by atoms with Crippen LogP contribution in [0.5, 0.6) is 17.2 Å². The molecule has 0 aliphatic carbocycles. The predicted molar refractivity (Wildman–Crippen MR) is 187 cm³/mol. The molecule has 3 aromatic rings. The van der Waals surface area contributed by atoms with Crippen molar-refractivity contribution in [1.29, 1.82) is 0 Å². The van der Waals surface area contributed by atoms with Gasteiger partial charge in [0.1, 0.15) is 5.75 Å². The van der Waals surface area contributed by atoms with Crippen LogP contribution in [0.1, 0.15) is 46.8 Å². The first-order valence-electron chi connectivity index (χ1n) is 14.0. The summed E-state index contributed by atoms with van der Waals surface area (Å²) < 4.78 is 45.4. The monoisotopic (exact) mass is 639 g/mol. The lowest BCUT2D eigenvalue weighted by Gasteiger charge is -2.55. The summed E-state index contributed by atoms with van der Waals surface area (Å²) in [7, 11) is 55.6. The first-order valence-corrected chi connectivity index (χ1v) is 15.5. The van der Waals surface area contributed by atoms with Crippen molar-refractivity contribution in [2.24, 2.45) is 0 Å². The fraction of sp³-hybridized carbons (Fsp3) is 0.286. The summed E-state index contributed by atoms with van der Waals surface area (Å²) in [5.41, 5.74) is -5.23. The Labute approximate surface area is 292 Å². The fourth-order valence-electron chi connectivity index (χ4n) is 4.62. The van der Waals surface area contributed by atoms with E-state index in [1.54, 1.807) is 12.1 Å². The molecule has 1 atom stereocenters. The molecule has 0 saturated carbocycles. The van der Waals surface area contributed by atoms with Crippen LogP contribution in [-0.4, -0.2) is 109 Å². The predicted octanol–water partition coefficient (Wildman–Crippen LogP) is -0.345. The highest BCUT2D eigenvalue weighted by Gasteiger charge is 2.47. The van der Waals surface area contributed by atoms with Gasteiger partial charge in [-0.1, -0.05) is 37.3 Å². The van der Waals surface area contributed by atoms with Crippen LogP contribution < -0.4 is 18.9 Å². The molecule has 0 aromatic heterocycles. The Balaban J connectivity index is 1.89. The van der Waals surface area contributed by atoms with E-state index in [1.165, 1.54) is 24.3 Å². The van der Waals surface area contributed by atoms with Crippen molar-refractivity contribution < 1.29 is 37.3 Å². The number of amides is 1. The molecule has 48 heavy (non-hydrogen) atoms. The van der Waals surface area contributed by atoms with Crippen molar-refractivity contribution in [1.82, 2.24) is 4.72 Å². The van der Waals surface area contributed by atoms with Gasteiger partial charge in [-0.2, -0.15) is 0 Å². The molecule has 4 rings (SSSR count). The standard InChI is InChI=1S/C28H19B10NO8S/c1-13(2)14-3-7-17(8-4-14)48(43,44)39-23(42)24(29,16-6-10-20-21(12-16)47-28(37,38)46-20)45-19-9-5-15(22(40)41)11-18(19)25(30,31)26(32,33)27(34,35)36/h3-13H,1-2H3,(H,39,42)(H,40,41). The molecule has 1 amide bonds. The highest BCUT2D eigenvalue weighted by molar-refractivity contribution is 7.90. The highest BCUT2D eigenvalue weighted by atomic mass is 32.2. The molecule has 20 radical (unpaired) electrons. The quantitative estimate of drug-likeness (QED) is 0.274. The number of carboxylic acid groups (broad SMARTS) is 1. The van der Waals surface area contributed by atoms with Crippen LogP contribution in [0.4, 0.5) is 0 Å². The van der Waals surface area contributed by atoms with Crippen LogP contribution >= 0.6 is 0 Å². The zero-order chi connectivity index (χ0) is 36.3. The Hall–Kier alpha value is -3.40. The summed E-state index contributed by atoms with van der Waals surface area (Å²) in [6.45, 7) is 3.83. The zero-order valence-electron chi connectivity index (χ0n) is 25.8. The van der Waals surface area contributed by atoms with Gasteiger partial charge in [0, 0.05) is 23.5 Å². The smallest absolute Gasteiger partial charge is 0.335 e. The van der Waals surface area contributed by atoms with E-state index in [0.29, 0.717) is 0 Å². The van der Waals surface area contributed by atoms with Gasteiger partial charge in [-0.3, -0.25) is 4.79 Å². The lowest BCUT2D eigenvalue weighted by molar-refractivity contribution is -0.129. The molecule has 1 aliphatic heterocycles. The van der Waals surface area contributed by atoms with Crippen LogP contribution in [0.25, 0.3) is 0 Å². The summed E-state index contributed by atoms with van der Waals surface area (Å²) in [5, 5.41) is 1.98. The van der Waals surface area contributed by atoms with Crippen molar-refractivity contribution in [2.45, 2.75) is 51.3 Å². The Morgan fingerprint density at radius 1 is 0.854 bits per heavy atom. The van der Waals surface area contributed by atoms with Gasteiger partial charge in [-0.25, -0.2) is 17.9 Å². The molecule has 220 valence electrons. The van der Waals surface area contributed by atoms with Gasteiger partial charge in [0.2, 0.25) is 0 Å². The fourth-order valence-corrected chi connectivity index (χ4v) is 5.63. The average molecular weight is 638 g/mol. The maximum absolute atomic E-state index is 14.0. The minimum atomic E-state index is -4.59. The average Bonchev–Trinajstić information content (AvgIpc) is 3.29. The van der Waals surface area contributed by atoms with E-state index >= 15 is 0 Å². The number of ether oxygens (including phenoxy) is 3. The minimum absolute atomic E-state index is 0.0417. The van der Waals surface area contributed by atoms with Crippen LogP contribution in [0.15, 0.2) is 65.6 Å². The lowest BCUT2D eigenvalue weighted by atomic mass is 9.13. The number of rotatable bonds is 11. The summed E-state index contributed by atoms with van der Waals surface area (Å²) in [6, 6.07) is 12.3. The Kier molecular flexibility index (Phi) is 9.73. The zero-order valence-corrected chi connectivity index (χ0v) is 26.7. The number of fused-ring (bicyclic) bond motifs is 1. The number of carbonyl (C=O) groups excluding carboxylic acids is 1. The summed E-state index contributed by atoms with van der Waals surface area (Å²) >= 11 is 0. The van der Waals surface area contributed by atoms with Crippen LogP contribution in [0.2, 0.25) is 10.3 Å². The summed E-state index contributed by atoms with van der Waals surface area (Å²) in [5.74, 6) is -3.39. The highest BCUT2D eigenvalue weighted by Crippen LogP contribution is 2.53. The molecule has 0 spiro atoms. The number of hydrogen-bond acceptors (Lipinski definition) is 7. The van der Waals surface area contributed by atoms with Crippen LogP contribution in [0, 0.1) is 0 Å². The van der Waals surface area contributed by atoms with Crippen molar-refractivity contribution in [3.05, 3.63) is 82.9 Å². The third-order valence-corrected chi connectivity index (χ3v) is 9.02. The number of sulfonamides is 1. The molecule has 0 bridgehead atoms. The van der Waals surface area contributed by atoms with E-state index in [-0.39, 0.29) is 27.9 Å². The van der Waals surface area contributed by atoms with Gasteiger partial charge in [0.15, 0.2) is 46.1 Å². The number of carbonyl (C=O) groups is 2. The topological polar surface area (TPSA) is 128 Å². The van der Waals surface area contributed by atoms with Gasteiger partial charge in [0.25, 0.3) is 15.9 Å². The summed E-state index contributed by atoms with van der Waals surface area (Å²) in [6.07, 6.45) is 0. The minimum Gasteiger partial charge on any atom is -0.483 e. The van der Waals surface area contributed by atoms with E-state index in [2.05, 4.69) is 0 Å². The molecule has 1 unspecified atom stereocenters. The maximum atomic E-state index is 14.0. The third kappa shape index (κ3) is 7.00. The summed E-state index contributed by atoms with van der Waals surface area (Å²) in [4.78, 5) is 25.7. The normalized spacial score (nSPS) is 15.7. The van der Waals surface area contributed by atoms with Crippen molar-refractivity contribution >= 4 is 100 Å². The maximum Gasteiger partial charge on any atom is 0.335 e. The van der Waals surface area contributed by atoms with Crippen molar-refractivity contribution in [2.75, 3.05) is 0 Å². The number of benzene rings is 3. The number of nitrogens with one attached hydrogen (secondary N) is 1. The van der Waals surface area contributed by atoms with Gasteiger partial charge >= 0.3 is 5.97 Å². The molecule has 2 N–H and O–H groups in total. The van der Waals surface area contributed by atoms with Gasteiger partial charge in [-0.05, 0) is 65.1 Å². The second-order valence-electron chi connectivity index (χ2n) is 11.8. The molecule has 0 fully saturated rings. The number of carboxylic acids is 1. The molecule has 9 nitrogen and oxygen atoms in total. The second-order valence-corrected chi connectivity index (χ2v) is 13.5. The van der Waals surface area contributed by atoms with E-state index in [0.717, 1.165) is 29.8 Å². The Bertz CT molecular complexity index is 1860. The van der Waals surface area contributed by atoms with Gasteiger partial charge in [-0.15, -0.1) is 10.3 Å². The number of aromatic carboxylic acids is 1. The first kappa shape index (κ1) is 37.4. The van der Waals surface area contributed by atoms with Crippen molar-refractivity contribution in [3.63, 3.8) is 0 Å². The SMILES string of the molecule is [B]C1([B])Oc2ccc(C([B])(Oc3ccc(C(=O)O)cc3C([B])([B])C([B])([B])C([B])([B])[B])C(=O)NS(=O)(=O)c3ccc(C(C)C)cc3)cc2O1. The molecular weight excluding hydrogens is 618 g/mol. The first-order chi connectivity index (χ1) is 21.8. The molecule has 1 heterocycles. The van der Waals surface area contributed by atoms with Gasteiger partial charge < -0.3 is 19.3 Å². The van der Waals surface area contributed by atoms with Gasteiger partial charge in [0.05, 0.1) is 41.8 Å². The molecule has 0 saturated heterocycles. The largest absolute Gasteiger partial charge is 0.483 e. The molecule has 1 aliphatic rings. The lowest BCUT2D eigenvalue weighted by Crippen LogP contribution is -2.53. The van der Waals surface area contributed by atoms with Crippen LogP contribution in [-0.2, 0) is 25.5 Å². The second kappa shape index (κ2) is 12.5. The molecular formula is C28H19B10NO8S. The van der Waals surface area contributed by atoms with E-state index in [9.17, 15) is 23.1 Å².